The first-order chi connectivity index (χ1) is 10.1. The van der Waals surface area contributed by atoms with Crippen LogP contribution < -0.4 is 11.2 Å². The van der Waals surface area contributed by atoms with Crippen LogP contribution in [-0.4, -0.2) is 52.5 Å². The van der Waals surface area contributed by atoms with Crippen molar-refractivity contribution in [2.24, 2.45) is 0 Å². The Bertz CT molecular complexity index is 623. The number of aromatic nitrogens is 2. The van der Waals surface area contributed by atoms with E-state index >= 15 is 0 Å². The predicted octanol–water partition coefficient (Wildman–Crippen LogP) is -2.49. The van der Waals surface area contributed by atoms with Crippen molar-refractivity contribution in [3.63, 3.8) is 0 Å². The molecule has 2 heterocycles. The van der Waals surface area contributed by atoms with E-state index < -0.39 is 35.8 Å². The molecular formula is C11H12N2O8. The summed E-state index contributed by atoms with van der Waals surface area (Å²) in [7, 11) is 0. The van der Waals surface area contributed by atoms with Gasteiger partial charge in [-0.05, 0) is 0 Å². The molecular weight excluding hydrogens is 288 g/mol. The second-order valence-corrected chi connectivity index (χ2v) is 4.20. The highest BCUT2D eigenvalue weighted by molar-refractivity contribution is 5.38. The van der Waals surface area contributed by atoms with Crippen molar-refractivity contribution in [3.8, 4) is 0 Å². The summed E-state index contributed by atoms with van der Waals surface area (Å²) in [6, 6.07) is 1.07. The molecule has 1 fully saturated rings. The topological polar surface area (TPSA) is 137 Å². The van der Waals surface area contributed by atoms with Crippen LogP contribution in [0.25, 0.3) is 0 Å². The molecule has 0 amide bonds. The number of aromatic amines is 1. The predicted molar refractivity (Wildman–Crippen MR) is 64.2 cm³/mol. The van der Waals surface area contributed by atoms with Crippen LogP contribution in [0.5, 0.6) is 0 Å². The normalized spacial score (nSPS) is 28.0. The van der Waals surface area contributed by atoms with Gasteiger partial charge in [-0.2, -0.15) is 0 Å². The molecule has 1 aromatic rings. The number of carbonyl (C=O) groups excluding carboxylic acids is 2. The molecule has 1 saturated heterocycles. The van der Waals surface area contributed by atoms with E-state index in [4.69, 9.17) is 9.47 Å². The molecule has 0 unspecified atom stereocenters. The highest BCUT2D eigenvalue weighted by Crippen LogP contribution is 2.30. The summed E-state index contributed by atoms with van der Waals surface area (Å²) in [4.78, 5) is 45.4. The van der Waals surface area contributed by atoms with Crippen LogP contribution in [0.4, 0.5) is 0 Å². The van der Waals surface area contributed by atoms with E-state index in [-0.39, 0.29) is 19.6 Å². The van der Waals surface area contributed by atoms with E-state index in [0.29, 0.717) is 0 Å². The summed E-state index contributed by atoms with van der Waals surface area (Å²) in [5.74, 6) is 0. The van der Waals surface area contributed by atoms with Gasteiger partial charge in [0.2, 0.25) is 0 Å². The fourth-order valence-electron chi connectivity index (χ4n) is 2.08. The van der Waals surface area contributed by atoms with Gasteiger partial charge in [0.05, 0.1) is 0 Å². The average Bonchev–Trinajstić information content (AvgIpc) is 2.75. The van der Waals surface area contributed by atoms with Gasteiger partial charge < -0.3 is 19.3 Å². The largest absolute Gasteiger partial charge is 0.465 e. The molecule has 1 aliphatic rings. The van der Waals surface area contributed by atoms with E-state index in [1.807, 2.05) is 4.98 Å². The molecule has 2 N–H and O–H groups in total. The molecule has 0 bridgehead atoms. The lowest BCUT2D eigenvalue weighted by Crippen LogP contribution is -2.39. The number of ether oxygens (including phenoxy) is 3. The van der Waals surface area contributed by atoms with Gasteiger partial charge in [0, 0.05) is 12.3 Å². The van der Waals surface area contributed by atoms with Gasteiger partial charge in [-0.3, -0.25) is 23.9 Å². The highest BCUT2D eigenvalue weighted by atomic mass is 16.6. The summed E-state index contributed by atoms with van der Waals surface area (Å²) < 4.78 is 15.5. The van der Waals surface area contributed by atoms with Gasteiger partial charge >= 0.3 is 5.69 Å². The Labute approximate surface area is 116 Å². The standard InChI is InChI=1S/C11H12N2O8/c14-4-19-3-6-9(20-5-15)8(17)10(21-6)13-2-1-7(16)12-11(13)18/h1-2,4-6,8-10,17H,3H2,(H,12,16,18)/t6-,8-,9-,10-/m1/s1. The van der Waals surface area contributed by atoms with Crippen molar-refractivity contribution in [1.82, 2.24) is 9.55 Å². The van der Waals surface area contributed by atoms with Gasteiger partial charge in [-0.25, -0.2) is 4.79 Å². The lowest BCUT2D eigenvalue weighted by molar-refractivity contribution is -0.144. The fourth-order valence-corrected chi connectivity index (χ4v) is 2.08. The SMILES string of the molecule is O=COC[C@H]1O[C@@H](n2ccc(=O)[nH]c2=O)[C@H](O)[C@@H]1OC=O. The third-order valence-corrected chi connectivity index (χ3v) is 2.98. The van der Waals surface area contributed by atoms with Crippen molar-refractivity contribution in [2.75, 3.05) is 6.61 Å². The zero-order chi connectivity index (χ0) is 15.4. The summed E-state index contributed by atoms with van der Waals surface area (Å²) in [6.07, 6.45) is -3.50. The monoisotopic (exact) mass is 300 g/mol. The first-order valence-electron chi connectivity index (χ1n) is 5.88. The van der Waals surface area contributed by atoms with E-state index in [2.05, 4.69) is 4.74 Å². The number of hydrogen-bond acceptors (Lipinski definition) is 8. The van der Waals surface area contributed by atoms with Crippen molar-refractivity contribution in [2.45, 2.75) is 24.5 Å². The molecule has 21 heavy (non-hydrogen) atoms. The smallest absolute Gasteiger partial charge is 0.330 e. The fraction of sp³-hybridized carbons (Fsp3) is 0.455. The maximum Gasteiger partial charge on any atom is 0.330 e. The van der Waals surface area contributed by atoms with E-state index in [0.717, 1.165) is 16.8 Å². The molecule has 0 spiro atoms. The number of aliphatic hydroxyl groups is 1. The second-order valence-electron chi connectivity index (χ2n) is 4.20. The quantitative estimate of drug-likeness (QED) is 0.550. The summed E-state index contributed by atoms with van der Waals surface area (Å²) in [5.41, 5.74) is -1.40. The van der Waals surface area contributed by atoms with Crippen LogP contribution in [0.2, 0.25) is 0 Å². The van der Waals surface area contributed by atoms with Gasteiger partial charge in [0.1, 0.15) is 18.8 Å². The molecule has 10 heteroatoms. The third kappa shape index (κ3) is 3.01. The van der Waals surface area contributed by atoms with Crippen LogP contribution in [0.15, 0.2) is 21.9 Å². The number of aliphatic hydroxyl groups excluding tert-OH is 1. The first kappa shape index (κ1) is 14.9. The van der Waals surface area contributed by atoms with Gasteiger partial charge in [-0.1, -0.05) is 0 Å². The maximum absolute atomic E-state index is 11.7. The summed E-state index contributed by atoms with van der Waals surface area (Å²) in [5, 5.41) is 10.1. The van der Waals surface area contributed by atoms with Crippen molar-refractivity contribution < 1.29 is 28.9 Å². The Kier molecular flexibility index (Phi) is 4.50. The Balaban J connectivity index is 2.28. The van der Waals surface area contributed by atoms with Crippen LogP contribution in [0, 0.1) is 0 Å². The lowest BCUT2D eigenvalue weighted by Gasteiger charge is -2.17. The number of nitrogens with zero attached hydrogens (tertiary/aromatic N) is 1. The molecule has 1 aromatic heterocycles. The van der Waals surface area contributed by atoms with Crippen LogP contribution >= 0.6 is 0 Å². The number of rotatable bonds is 6. The minimum absolute atomic E-state index is 0.114. The van der Waals surface area contributed by atoms with Gasteiger partial charge in [-0.15, -0.1) is 0 Å². The third-order valence-electron chi connectivity index (χ3n) is 2.98. The zero-order valence-corrected chi connectivity index (χ0v) is 10.6. The lowest BCUT2D eigenvalue weighted by atomic mass is 10.1. The molecule has 2 rings (SSSR count). The molecule has 0 aliphatic carbocycles. The molecule has 0 aromatic carbocycles. The maximum atomic E-state index is 11.7. The first-order valence-corrected chi connectivity index (χ1v) is 5.88. The van der Waals surface area contributed by atoms with Crippen LogP contribution in [0.1, 0.15) is 6.23 Å². The van der Waals surface area contributed by atoms with Crippen molar-refractivity contribution >= 4 is 12.9 Å². The molecule has 4 atom stereocenters. The summed E-state index contributed by atoms with van der Waals surface area (Å²) >= 11 is 0. The number of H-pyrrole nitrogens is 1. The Morgan fingerprint density at radius 2 is 2.14 bits per heavy atom. The number of hydrogen-bond donors (Lipinski definition) is 2. The number of carbonyl (C=O) groups is 2. The van der Waals surface area contributed by atoms with Crippen molar-refractivity contribution in [3.05, 3.63) is 33.1 Å². The Hall–Kier alpha value is -2.46. The highest BCUT2D eigenvalue weighted by Gasteiger charge is 2.47. The molecule has 10 nitrogen and oxygen atoms in total. The zero-order valence-electron chi connectivity index (χ0n) is 10.6. The molecule has 1 aliphatic heterocycles. The molecule has 0 radical (unpaired) electrons. The van der Waals surface area contributed by atoms with E-state index in [1.165, 1.54) is 0 Å². The van der Waals surface area contributed by atoms with Crippen molar-refractivity contribution in [1.29, 1.82) is 0 Å². The Morgan fingerprint density at radius 3 is 2.76 bits per heavy atom. The van der Waals surface area contributed by atoms with E-state index in [1.54, 1.807) is 0 Å². The minimum atomic E-state index is -1.38. The van der Waals surface area contributed by atoms with E-state index in [9.17, 15) is 24.3 Å². The second kappa shape index (κ2) is 6.33. The van der Waals surface area contributed by atoms with Crippen LogP contribution in [-0.2, 0) is 23.8 Å². The van der Waals surface area contributed by atoms with Gasteiger partial charge in [0.15, 0.2) is 12.3 Å². The minimum Gasteiger partial charge on any atom is -0.465 e. The average molecular weight is 300 g/mol. The van der Waals surface area contributed by atoms with Gasteiger partial charge in [0.25, 0.3) is 18.5 Å². The Morgan fingerprint density at radius 1 is 1.38 bits per heavy atom. The summed E-state index contributed by atoms with van der Waals surface area (Å²) in [6.45, 7) is 0.0179. The number of nitrogens with one attached hydrogen (secondary N) is 1. The van der Waals surface area contributed by atoms with Crippen LogP contribution in [0.3, 0.4) is 0 Å². The molecule has 0 saturated carbocycles. The molecule has 114 valence electrons.